The number of aryl methyl sites for hydroxylation is 2. The molecular formula is C13H17N. The number of allylic oxidation sites excluding steroid dienone is 1. The Labute approximate surface area is 86.0 Å². The van der Waals surface area contributed by atoms with Gasteiger partial charge in [-0.05, 0) is 31.4 Å². The standard InChI is InChI=1S/C13H17N/c1-4-5-6-12-8-10(2)7-11(3)13(12)9-14/h5-9,14H,4H2,1-3H3/b6-5-,14-9?. The number of nitrogens with one attached hydrogen (secondary N) is 1. The zero-order valence-electron chi connectivity index (χ0n) is 9.09. The lowest BCUT2D eigenvalue weighted by Gasteiger charge is -2.06. The Hall–Kier alpha value is -1.37. The van der Waals surface area contributed by atoms with Gasteiger partial charge in [0.05, 0.1) is 0 Å². The first kappa shape index (κ1) is 10.7. The van der Waals surface area contributed by atoms with E-state index in [4.69, 9.17) is 5.41 Å². The third kappa shape index (κ3) is 2.32. The van der Waals surface area contributed by atoms with Crippen LogP contribution in [-0.2, 0) is 0 Å². The Kier molecular flexibility index (Phi) is 3.63. The molecule has 0 heterocycles. The van der Waals surface area contributed by atoms with Crippen molar-refractivity contribution in [3.63, 3.8) is 0 Å². The van der Waals surface area contributed by atoms with Gasteiger partial charge in [-0.1, -0.05) is 36.8 Å². The normalized spacial score (nSPS) is 10.8. The average molecular weight is 187 g/mol. The van der Waals surface area contributed by atoms with Crippen LogP contribution in [0.5, 0.6) is 0 Å². The summed E-state index contributed by atoms with van der Waals surface area (Å²) in [6.07, 6.45) is 6.69. The first-order valence-electron chi connectivity index (χ1n) is 4.97. The van der Waals surface area contributed by atoms with Crippen molar-refractivity contribution in [2.45, 2.75) is 27.2 Å². The Morgan fingerprint density at radius 1 is 1.29 bits per heavy atom. The quantitative estimate of drug-likeness (QED) is 0.697. The second-order valence-corrected chi connectivity index (χ2v) is 3.54. The van der Waals surface area contributed by atoms with Gasteiger partial charge in [0.15, 0.2) is 0 Å². The third-order valence-electron chi connectivity index (χ3n) is 2.24. The van der Waals surface area contributed by atoms with Gasteiger partial charge in [-0.2, -0.15) is 0 Å². The molecule has 0 aliphatic carbocycles. The molecule has 0 aliphatic heterocycles. The largest absolute Gasteiger partial charge is 0.308 e. The van der Waals surface area contributed by atoms with Crippen molar-refractivity contribution < 1.29 is 0 Å². The molecule has 0 amide bonds. The van der Waals surface area contributed by atoms with E-state index in [-0.39, 0.29) is 0 Å². The van der Waals surface area contributed by atoms with Crippen LogP contribution in [0.25, 0.3) is 6.08 Å². The summed E-state index contributed by atoms with van der Waals surface area (Å²) < 4.78 is 0. The summed E-state index contributed by atoms with van der Waals surface area (Å²) in [7, 11) is 0. The highest BCUT2D eigenvalue weighted by Crippen LogP contribution is 2.16. The number of rotatable bonds is 3. The molecule has 0 saturated heterocycles. The van der Waals surface area contributed by atoms with Gasteiger partial charge in [-0.15, -0.1) is 0 Å². The van der Waals surface area contributed by atoms with E-state index < -0.39 is 0 Å². The van der Waals surface area contributed by atoms with Crippen LogP contribution in [-0.4, -0.2) is 6.21 Å². The molecule has 0 saturated carbocycles. The highest BCUT2D eigenvalue weighted by molar-refractivity contribution is 5.85. The Balaban J connectivity index is 3.24. The Morgan fingerprint density at radius 2 is 2.00 bits per heavy atom. The number of hydrogen-bond acceptors (Lipinski definition) is 1. The van der Waals surface area contributed by atoms with Crippen LogP contribution < -0.4 is 0 Å². The number of benzene rings is 1. The maximum atomic E-state index is 7.37. The van der Waals surface area contributed by atoms with Crippen LogP contribution >= 0.6 is 0 Å². The van der Waals surface area contributed by atoms with Crippen molar-refractivity contribution in [1.29, 1.82) is 5.41 Å². The minimum Gasteiger partial charge on any atom is -0.308 e. The van der Waals surface area contributed by atoms with Crippen molar-refractivity contribution in [3.05, 3.63) is 40.5 Å². The second kappa shape index (κ2) is 4.75. The summed E-state index contributed by atoms with van der Waals surface area (Å²) in [6.45, 7) is 6.25. The summed E-state index contributed by atoms with van der Waals surface area (Å²) in [5.74, 6) is 0. The van der Waals surface area contributed by atoms with Gasteiger partial charge in [-0.3, -0.25) is 0 Å². The van der Waals surface area contributed by atoms with E-state index in [0.29, 0.717) is 0 Å². The third-order valence-corrected chi connectivity index (χ3v) is 2.24. The molecule has 1 nitrogen and oxygen atoms in total. The molecule has 0 aromatic heterocycles. The number of hydrogen-bond donors (Lipinski definition) is 1. The lowest BCUT2D eigenvalue weighted by Crippen LogP contribution is -1.92. The fourth-order valence-corrected chi connectivity index (χ4v) is 1.59. The van der Waals surface area contributed by atoms with E-state index in [9.17, 15) is 0 Å². The maximum absolute atomic E-state index is 7.37. The topological polar surface area (TPSA) is 23.9 Å². The van der Waals surface area contributed by atoms with Crippen LogP contribution in [0, 0.1) is 19.3 Å². The van der Waals surface area contributed by atoms with Crippen LogP contribution in [0.1, 0.15) is 35.6 Å². The van der Waals surface area contributed by atoms with Gasteiger partial charge < -0.3 is 5.41 Å². The molecule has 1 aromatic carbocycles. The van der Waals surface area contributed by atoms with Gasteiger partial charge >= 0.3 is 0 Å². The molecule has 14 heavy (non-hydrogen) atoms. The van der Waals surface area contributed by atoms with E-state index in [1.165, 1.54) is 17.3 Å². The molecule has 0 aliphatic rings. The summed E-state index contributed by atoms with van der Waals surface area (Å²) in [5, 5.41) is 7.37. The lowest BCUT2D eigenvalue weighted by molar-refractivity contribution is 1.23. The van der Waals surface area contributed by atoms with Gasteiger partial charge in [0.25, 0.3) is 0 Å². The van der Waals surface area contributed by atoms with Crippen molar-refractivity contribution in [1.82, 2.24) is 0 Å². The second-order valence-electron chi connectivity index (χ2n) is 3.54. The SMILES string of the molecule is CC/C=C\c1cc(C)cc(C)c1C=N. The van der Waals surface area contributed by atoms with E-state index in [1.807, 2.05) is 0 Å². The highest BCUT2D eigenvalue weighted by Gasteiger charge is 2.01. The van der Waals surface area contributed by atoms with Crippen molar-refractivity contribution in [2.24, 2.45) is 0 Å². The first-order valence-corrected chi connectivity index (χ1v) is 4.97. The minimum atomic E-state index is 1.03. The van der Waals surface area contributed by atoms with Crippen LogP contribution in [0.2, 0.25) is 0 Å². The molecule has 0 spiro atoms. The molecule has 1 aromatic rings. The summed E-state index contributed by atoms with van der Waals surface area (Å²) in [6, 6.07) is 4.24. The highest BCUT2D eigenvalue weighted by atomic mass is 14.3. The van der Waals surface area contributed by atoms with Gasteiger partial charge in [0, 0.05) is 11.8 Å². The molecule has 0 fully saturated rings. The molecule has 1 heteroatoms. The molecule has 1 rings (SSSR count). The van der Waals surface area contributed by atoms with Gasteiger partial charge in [0.1, 0.15) is 0 Å². The van der Waals surface area contributed by atoms with Crippen molar-refractivity contribution in [2.75, 3.05) is 0 Å². The molecule has 0 atom stereocenters. The summed E-state index contributed by atoms with van der Waals surface area (Å²) >= 11 is 0. The van der Waals surface area contributed by atoms with Gasteiger partial charge in [-0.25, -0.2) is 0 Å². The van der Waals surface area contributed by atoms with E-state index >= 15 is 0 Å². The van der Waals surface area contributed by atoms with Crippen molar-refractivity contribution in [3.8, 4) is 0 Å². The molecule has 74 valence electrons. The maximum Gasteiger partial charge on any atom is 0.0259 e. The zero-order chi connectivity index (χ0) is 10.6. The average Bonchev–Trinajstić information content (AvgIpc) is 2.14. The van der Waals surface area contributed by atoms with E-state index in [0.717, 1.165) is 17.5 Å². The molecule has 0 radical (unpaired) electrons. The Bertz CT molecular complexity index is 362. The molecule has 1 N–H and O–H groups in total. The summed E-state index contributed by atoms with van der Waals surface area (Å²) in [4.78, 5) is 0. The monoisotopic (exact) mass is 187 g/mol. The first-order chi connectivity index (χ1) is 6.69. The predicted molar refractivity (Wildman–Crippen MR) is 63.1 cm³/mol. The van der Waals surface area contributed by atoms with E-state index in [2.05, 4.69) is 45.1 Å². The Morgan fingerprint density at radius 3 is 2.57 bits per heavy atom. The van der Waals surface area contributed by atoms with Crippen LogP contribution in [0.3, 0.4) is 0 Å². The van der Waals surface area contributed by atoms with Crippen LogP contribution in [0.4, 0.5) is 0 Å². The van der Waals surface area contributed by atoms with Gasteiger partial charge in [0.2, 0.25) is 0 Å². The lowest BCUT2D eigenvalue weighted by atomic mass is 9.99. The predicted octanol–water partition coefficient (Wildman–Crippen LogP) is 3.72. The van der Waals surface area contributed by atoms with Crippen molar-refractivity contribution >= 4 is 12.3 Å². The molecular weight excluding hydrogens is 170 g/mol. The van der Waals surface area contributed by atoms with Crippen LogP contribution in [0.15, 0.2) is 18.2 Å². The minimum absolute atomic E-state index is 1.03. The zero-order valence-corrected chi connectivity index (χ0v) is 9.09. The summed E-state index contributed by atoms with van der Waals surface area (Å²) in [5.41, 5.74) is 4.61. The molecule has 0 unspecified atom stereocenters. The fourth-order valence-electron chi connectivity index (χ4n) is 1.59. The smallest absolute Gasteiger partial charge is 0.0259 e. The fraction of sp³-hybridized carbons (Fsp3) is 0.308. The molecule has 0 bridgehead atoms. The van der Waals surface area contributed by atoms with E-state index in [1.54, 1.807) is 0 Å².